The first-order valence-electron chi connectivity index (χ1n) is 6.28. The van der Waals surface area contributed by atoms with Crippen LogP contribution in [0.2, 0.25) is 0 Å². The van der Waals surface area contributed by atoms with Crippen molar-refractivity contribution in [2.45, 2.75) is 33.5 Å². The third-order valence-corrected chi connectivity index (χ3v) is 2.92. The van der Waals surface area contributed by atoms with Crippen molar-refractivity contribution in [1.29, 1.82) is 0 Å². The van der Waals surface area contributed by atoms with Gasteiger partial charge in [0.05, 0.1) is 11.4 Å². The summed E-state index contributed by atoms with van der Waals surface area (Å²) in [5.41, 5.74) is 2.48. The molecule has 0 aliphatic rings. The molecule has 19 heavy (non-hydrogen) atoms. The van der Waals surface area contributed by atoms with Crippen molar-refractivity contribution in [3.63, 3.8) is 0 Å². The molecule has 0 radical (unpaired) electrons. The molecule has 3 nitrogen and oxygen atoms in total. The van der Waals surface area contributed by atoms with Gasteiger partial charge in [-0.05, 0) is 26.0 Å². The lowest BCUT2D eigenvalue weighted by Gasteiger charge is -2.07. The highest BCUT2D eigenvalue weighted by atomic mass is 19.1. The average molecular weight is 265 g/mol. The molecule has 0 aliphatic heterocycles. The second-order valence-electron chi connectivity index (χ2n) is 4.43. The van der Waals surface area contributed by atoms with Gasteiger partial charge < -0.3 is 5.32 Å². The lowest BCUT2D eigenvalue weighted by Crippen LogP contribution is -2.16. The third kappa shape index (κ3) is 3.38. The van der Waals surface area contributed by atoms with Crippen LogP contribution in [-0.4, -0.2) is 9.78 Å². The van der Waals surface area contributed by atoms with Crippen LogP contribution >= 0.6 is 0 Å². The largest absolute Gasteiger partial charge is 0.307 e. The van der Waals surface area contributed by atoms with Gasteiger partial charge in [-0.1, -0.05) is 6.07 Å². The maximum atomic E-state index is 13.4. The Morgan fingerprint density at radius 2 is 2.00 bits per heavy atom. The van der Waals surface area contributed by atoms with Gasteiger partial charge in [0.2, 0.25) is 0 Å². The minimum atomic E-state index is -0.555. The number of aryl methyl sites for hydroxylation is 2. The summed E-state index contributed by atoms with van der Waals surface area (Å²) in [6.45, 7) is 5.73. The van der Waals surface area contributed by atoms with E-state index in [9.17, 15) is 8.78 Å². The molecule has 0 spiro atoms. The van der Waals surface area contributed by atoms with E-state index in [1.54, 1.807) is 0 Å². The molecule has 0 unspecified atom stereocenters. The second-order valence-corrected chi connectivity index (χ2v) is 4.43. The van der Waals surface area contributed by atoms with Crippen molar-refractivity contribution in [2.75, 3.05) is 0 Å². The van der Waals surface area contributed by atoms with Crippen molar-refractivity contribution in [1.82, 2.24) is 15.1 Å². The number of halogens is 2. The summed E-state index contributed by atoms with van der Waals surface area (Å²) in [6, 6.07) is 5.62. The molecule has 0 fully saturated rings. The zero-order chi connectivity index (χ0) is 13.8. The Morgan fingerprint density at radius 1 is 1.21 bits per heavy atom. The van der Waals surface area contributed by atoms with Gasteiger partial charge in [-0.3, -0.25) is 4.68 Å². The Morgan fingerprint density at radius 3 is 2.68 bits per heavy atom. The molecule has 2 rings (SSSR count). The summed E-state index contributed by atoms with van der Waals surface area (Å²) in [5.74, 6) is -1.08. The molecule has 0 saturated carbocycles. The number of nitrogens with zero attached hydrogens (tertiary/aromatic N) is 2. The zero-order valence-corrected chi connectivity index (χ0v) is 11.1. The molecule has 0 atom stereocenters. The van der Waals surface area contributed by atoms with E-state index in [2.05, 4.69) is 10.4 Å². The van der Waals surface area contributed by atoms with Crippen molar-refractivity contribution < 1.29 is 8.78 Å². The Hall–Kier alpha value is -1.75. The number of benzene rings is 1. The number of nitrogens with one attached hydrogen (secondary N) is 1. The standard InChI is InChI=1S/C14H17F2N3/c1-3-19-13(6-10(2)18-19)9-17-8-11-4-5-12(15)7-14(11)16/h4-7,17H,3,8-9H2,1-2H3. The molecule has 1 aromatic heterocycles. The van der Waals surface area contributed by atoms with Crippen molar-refractivity contribution in [3.05, 3.63) is 52.9 Å². The van der Waals surface area contributed by atoms with Gasteiger partial charge >= 0.3 is 0 Å². The number of hydrogen-bond donors (Lipinski definition) is 1. The van der Waals surface area contributed by atoms with Crippen LogP contribution in [0.25, 0.3) is 0 Å². The van der Waals surface area contributed by atoms with Gasteiger partial charge in [0.15, 0.2) is 0 Å². The highest BCUT2D eigenvalue weighted by Gasteiger charge is 2.06. The molecule has 1 heterocycles. The molecule has 5 heteroatoms. The van der Waals surface area contributed by atoms with E-state index in [4.69, 9.17) is 0 Å². The van der Waals surface area contributed by atoms with Crippen molar-refractivity contribution >= 4 is 0 Å². The second kappa shape index (κ2) is 5.93. The van der Waals surface area contributed by atoms with Crippen LogP contribution in [0.15, 0.2) is 24.3 Å². The Kier molecular flexibility index (Phi) is 4.27. The van der Waals surface area contributed by atoms with Crippen LogP contribution in [-0.2, 0) is 19.6 Å². The van der Waals surface area contributed by atoms with Gasteiger partial charge in [0.1, 0.15) is 11.6 Å². The van der Waals surface area contributed by atoms with Gasteiger partial charge in [0.25, 0.3) is 0 Å². The van der Waals surface area contributed by atoms with Crippen LogP contribution in [0.3, 0.4) is 0 Å². The molecule has 1 N–H and O–H groups in total. The van der Waals surface area contributed by atoms with E-state index in [0.717, 1.165) is 24.0 Å². The Balaban J connectivity index is 1.96. The summed E-state index contributed by atoms with van der Waals surface area (Å²) in [5, 5.41) is 7.48. The molecule has 2 aromatic rings. The summed E-state index contributed by atoms with van der Waals surface area (Å²) >= 11 is 0. The molecule has 0 amide bonds. The van der Waals surface area contributed by atoms with E-state index in [1.165, 1.54) is 12.1 Å². The quantitative estimate of drug-likeness (QED) is 0.901. The Bertz CT molecular complexity index is 564. The minimum Gasteiger partial charge on any atom is -0.307 e. The normalized spacial score (nSPS) is 10.9. The molecule has 0 saturated heterocycles. The van der Waals surface area contributed by atoms with Crippen molar-refractivity contribution in [3.8, 4) is 0 Å². The number of hydrogen-bond acceptors (Lipinski definition) is 2. The molecule has 1 aromatic carbocycles. The van der Waals surface area contributed by atoms with E-state index in [0.29, 0.717) is 18.7 Å². The first-order valence-corrected chi connectivity index (χ1v) is 6.28. The summed E-state index contributed by atoms with van der Waals surface area (Å²) in [4.78, 5) is 0. The SMILES string of the molecule is CCn1nc(C)cc1CNCc1ccc(F)cc1F. The third-order valence-electron chi connectivity index (χ3n) is 2.92. The van der Waals surface area contributed by atoms with Crippen LogP contribution in [0.4, 0.5) is 8.78 Å². The summed E-state index contributed by atoms with van der Waals surface area (Å²) < 4.78 is 28.1. The maximum absolute atomic E-state index is 13.4. The fraction of sp³-hybridized carbons (Fsp3) is 0.357. The summed E-state index contributed by atoms with van der Waals surface area (Å²) in [7, 11) is 0. The van der Waals surface area contributed by atoms with Gasteiger partial charge in [-0.2, -0.15) is 5.10 Å². The minimum absolute atomic E-state index is 0.361. The van der Waals surface area contributed by atoms with E-state index >= 15 is 0 Å². The highest BCUT2D eigenvalue weighted by Crippen LogP contribution is 2.10. The lowest BCUT2D eigenvalue weighted by atomic mass is 10.2. The monoisotopic (exact) mass is 265 g/mol. The van der Waals surface area contributed by atoms with Crippen LogP contribution in [0.1, 0.15) is 23.9 Å². The fourth-order valence-corrected chi connectivity index (χ4v) is 2.01. The van der Waals surface area contributed by atoms with Crippen molar-refractivity contribution in [2.24, 2.45) is 0 Å². The van der Waals surface area contributed by atoms with Crippen LogP contribution < -0.4 is 5.32 Å². The molecular weight excluding hydrogens is 248 g/mol. The smallest absolute Gasteiger partial charge is 0.130 e. The van der Waals surface area contributed by atoms with E-state index in [-0.39, 0.29) is 0 Å². The Labute approximate surface area is 111 Å². The first-order chi connectivity index (χ1) is 9.10. The topological polar surface area (TPSA) is 29.9 Å². The highest BCUT2D eigenvalue weighted by molar-refractivity contribution is 5.18. The van der Waals surface area contributed by atoms with Crippen LogP contribution in [0, 0.1) is 18.6 Å². The number of aromatic nitrogens is 2. The molecule has 102 valence electrons. The fourth-order valence-electron chi connectivity index (χ4n) is 2.01. The lowest BCUT2D eigenvalue weighted by molar-refractivity contribution is 0.548. The average Bonchev–Trinajstić information content (AvgIpc) is 2.72. The van der Waals surface area contributed by atoms with Gasteiger partial charge in [0, 0.05) is 31.3 Å². The zero-order valence-electron chi connectivity index (χ0n) is 11.1. The summed E-state index contributed by atoms with van der Waals surface area (Å²) in [6.07, 6.45) is 0. The maximum Gasteiger partial charge on any atom is 0.130 e. The van der Waals surface area contributed by atoms with Gasteiger partial charge in [-0.15, -0.1) is 0 Å². The molecular formula is C14H17F2N3. The predicted molar refractivity (Wildman–Crippen MR) is 69.5 cm³/mol. The van der Waals surface area contributed by atoms with E-state index < -0.39 is 11.6 Å². The molecule has 0 bridgehead atoms. The number of rotatable bonds is 5. The first kappa shape index (κ1) is 13.7. The van der Waals surface area contributed by atoms with Gasteiger partial charge in [-0.25, -0.2) is 8.78 Å². The molecule has 0 aliphatic carbocycles. The van der Waals surface area contributed by atoms with E-state index in [1.807, 2.05) is 24.6 Å². The predicted octanol–water partition coefficient (Wildman–Crippen LogP) is 2.78. The van der Waals surface area contributed by atoms with Crippen LogP contribution in [0.5, 0.6) is 0 Å².